The van der Waals surface area contributed by atoms with E-state index in [0.29, 0.717) is 13.2 Å². The van der Waals surface area contributed by atoms with Crippen LogP contribution in [0.4, 0.5) is 0 Å². The van der Waals surface area contributed by atoms with Crippen molar-refractivity contribution in [3.63, 3.8) is 0 Å². The van der Waals surface area contributed by atoms with Crippen molar-refractivity contribution in [3.05, 3.63) is 24.3 Å². The molecule has 1 aromatic rings. The van der Waals surface area contributed by atoms with Crippen molar-refractivity contribution in [2.24, 2.45) is 0 Å². The van der Waals surface area contributed by atoms with Crippen LogP contribution in [0.15, 0.2) is 24.3 Å². The quantitative estimate of drug-likeness (QED) is 0.866. The van der Waals surface area contributed by atoms with Gasteiger partial charge < -0.3 is 19.7 Å². The summed E-state index contributed by atoms with van der Waals surface area (Å²) in [5.41, 5.74) is 0. The first kappa shape index (κ1) is 15.6. The third kappa shape index (κ3) is 4.63. The predicted molar refractivity (Wildman–Crippen MR) is 81.8 cm³/mol. The molecule has 1 N–H and O–H groups in total. The zero-order valence-electron chi connectivity index (χ0n) is 12.8. The molecule has 21 heavy (non-hydrogen) atoms. The molecule has 0 bridgehead atoms. The van der Waals surface area contributed by atoms with Gasteiger partial charge in [-0.05, 0) is 43.7 Å². The Kier molecular flexibility index (Phi) is 5.87. The Labute approximate surface area is 126 Å². The SMILES string of the molecule is COc1ccc(OCCN(C)C(=O)C2CCCCN2)cc1. The Hall–Kier alpha value is -1.75. The molecule has 5 heteroatoms. The number of nitrogens with zero attached hydrogens (tertiary/aromatic N) is 1. The van der Waals surface area contributed by atoms with E-state index >= 15 is 0 Å². The van der Waals surface area contributed by atoms with Crippen LogP contribution in [0.1, 0.15) is 19.3 Å². The van der Waals surface area contributed by atoms with Crippen LogP contribution in [-0.2, 0) is 4.79 Å². The van der Waals surface area contributed by atoms with Crippen molar-refractivity contribution in [3.8, 4) is 11.5 Å². The zero-order valence-corrected chi connectivity index (χ0v) is 12.8. The van der Waals surface area contributed by atoms with E-state index in [1.54, 1.807) is 12.0 Å². The summed E-state index contributed by atoms with van der Waals surface area (Å²) >= 11 is 0. The van der Waals surface area contributed by atoms with E-state index in [1.165, 1.54) is 0 Å². The number of rotatable bonds is 6. The van der Waals surface area contributed by atoms with Crippen molar-refractivity contribution in [1.82, 2.24) is 10.2 Å². The van der Waals surface area contributed by atoms with E-state index in [4.69, 9.17) is 9.47 Å². The van der Waals surface area contributed by atoms with Crippen LogP contribution < -0.4 is 14.8 Å². The molecule has 1 amide bonds. The third-order valence-corrected chi connectivity index (χ3v) is 3.74. The first-order chi connectivity index (χ1) is 10.2. The first-order valence-corrected chi connectivity index (χ1v) is 7.46. The van der Waals surface area contributed by atoms with Gasteiger partial charge in [-0.3, -0.25) is 4.79 Å². The van der Waals surface area contributed by atoms with Crippen LogP contribution in [0.25, 0.3) is 0 Å². The number of benzene rings is 1. The van der Waals surface area contributed by atoms with E-state index in [2.05, 4.69) is 5.32 Å². The molecular weight excluding hydrogens is 268 g/mol. The number of nitrogens with one attached hydrogen (secondary N) is 1. The van der Waals surface area contributed by atoms with Gasteiger partial charge in [0.2, 0.25) is 5.91 Å². The average molecular weight is 292 g/mol. The Morgan fingerprint density at radius 2 is 2.00 bits per heavy atom. The molecule has 0 spiro atoms. The number of piperidine rings is 1. The van der Waals surface area contributed by atoms with Gasteiger partial charge in [-0.25, -0.2) is 0 Å². The van der Waals surface area contributed by atoms with Crippen LogP contribution >= 0.6 is 0 Å². The fourth-order valence-electron chi connectivity index (χ4n) is 2.41. The summed E-state index contributed by atoms with van der Waals surface area (Å²) in [7, 11) is 3.46. The maximum Gasteiger partial charge on any atom is 0.239 e. The number of hydrogen-bond acceptors (Lipinski definition) is 4. The molecule has 116 valence electrons. The smallest absolute Gasteiger partial charge is 0.239 e. The predicted octanol–water partition coefficient (Wildman–Crippen LogP) is 1.67. The highest BCUT2D eigenvalue weighted by Gasteiger charge is 2.23. The van der Waals surface area contributed by atoms with Crippen LogP contribution in [0, 0.1) is 0 Å². The molecule has 1 heterocycles. The fraction of sp³-hybridized carbons (Fsp3) is 0.562. The second-order valence-corrected chi connectivity index (χ2v) is 5.29. The molecule has 1 aliphatic rings. The number of amides is 1. The fourth-order valence-corrected chi connectivity index (χ4v) is 2.41. The zero-order chi connectivity index (χ0) is 15.1. The molecule has 0 aromatic heterocycles. The van der Waals surface area contributed by atoms with E-state index < -0.39 is 0 Å². The van der Waals surface area contributed by atoms with Crippen molar-refractivity contribution < 1.29 is 14.3 Å². The maximum atomic E-state index is 12.2. The highest BCUT2D eigenvalue weighted by molar-refractivity contribution is 5.81. The molecule has 0 radical (unpaired) electrons. The summed E-state index contributed by atoms with van der Waals surface area (Å²) in [6, 6.07) is 7.42. The minimum Gasteiger partial charge on any atom is -0.497 e. The van der Waals surface area contributed by atoms with Gasteiger partial charge >= 0.3 is 0 Å². The number of methoxy groups -OCH3 is 1. The lowest BCUT2D eigenvalue weighted by Gasteiger charge is -2.27. The first-order valence-electron chi connectivity index (χ1n) is 7.46. The van der Waals surface area contributed by atoms with E-state index in [-0.39, 0.29) is 11.9 Å². The van der Waals surface area contributed by atoms with Gasteiger partial charge in [0.05, 0.1) is 19.7 Å². The summed E-state index contributed by atoms with van der Waals surface area (Å²) in [6.45, 7) is 2.01. The number of ether oxygens (including phenoxy) is 2. The second kappa shape index (κ2) is 7.88. The lowest BCUT2D eigenvalue weighted by atomic mass is 10.0. The maximum absolute atomic E-state index is 12.2. The minimum absolute atomic E-state index is 0.0234. The van der Waals surface area contributed by atoms with Crippen LogP contribution in [0.2, 0.25) is 0 Å². The van der Waals surface area contributed by atoms with E-state index in [0.717, 1.165) is 37.3 Å². The molecule has 2 rings (SSSR count). The van der Waals surface area contributed by atoms with Gasteiger partial charge in [0.15, 0.2) is 0 Å². The standard InChI is InChI=1S/C16H24N2O3/c1-18(16(19)15-5-3-4-10-17-15)11-12-21-14-8-6-13(20-2)7-9-14/h6-9,15,17H,3-5,10-12H2,1-2H3. The monoisotopic (exact) mass is 292 g/mol. The molecule has 5 nitrogen and oxygen atoms in total. The van der Waals surface area contributed by atoms with Crippen molar-refractivity contribution in [1.29, 1.82) is 0 Å². The Bertz CT molecular complexity index is 441. The summed E-state index contributed by atoms with van der Waals surface area (Å²) in [6.07, 6.45) is 3.22. The van der Waals surface area contributed by atoms with Crippen LogP contribution in [-0.4, -0.2) is 50.7 Å². The third-order valence-electron chi connectivity index (χ3n) is 3.74. The van der Waals surface area contributed by atoms with Crippen molar-refractivity contribution in [2.75, 3.05) is 33.9 Å². The topological polar surface area (TPSA) is 50.8 Å². The molecule has 1 aromatic carbocycles. The van der Waals surface area contributed by atoms with Gasteiger partial charge in [0.1, 0.15) is 18.1 Å². The van der Waals surface area contributed by atoms with E-state index in [1.807, 2.05) is 31.3 Å². The van der Waals surface area contributed by atoms with Crippen LogP contribution in [0.3, 0.4) is 0 Å². The largest absolute Gasteiger partial charge is 0.497 e. The average Bonchev–Trinajstić information content (AvgIpc) is 2.55. The van der Waals surface area contributed by atoms with Gasteiger partial charge in [0.25, 0.3) is 0 Å². The minimum atomic E-state index is -0.0234. The lowest BCUT2D eigenvalue weighted by molar-refractivity contribution is -0.133. The molecular formula is C16H24N2O3. The Morgan fingerprint density at radius 3 is 2.62 bits per heavy atom. The summed E-state index contributed by atoms with van der Waals surface area (Å²) in [4.78, 5) is 14.0. The molecule has 1 atom stereocenters. The van der Waals surface area contributed by atoms with E-state index in [9.17, 15) is 4.79 Å². The van der Waals surface area contributed by atoms with Gasteiger partial charge in [0, 0.05) is 7.05 Å². The number of likely N-dealkylation sites (N-methyl/N-ethyl adjacent to an activating group) is 1. The Balaban J connectivity index is 1.72. The highest BCUT2D eigenvalue weighted by Crippen LogP contribution is 2.17. The van der Waals surface area contributed by atoms with Gasteiger partial charge in [-0.1, -0.05) is 6.42 Å². The van der Waals surface area contributed by atoms with Gasteiger partial charge in [-0.2, -0.15) is 0 Å². The lowest BCUT2D eigenvalue weighted by Crippen LogP contribution is -2.48. The summed E-state index contributed by atoms with van der Waals surface area (Å²) in [5, 5.41) is 3.27. The van der Waals surface area contributed by atoms with Gasteiger partial charge in [-0.15, -0.1) is 0 Å². The normalized spacial score (nSPS) is 18.1. The van der Waals surface area contributed by atoms with Crippen molar-refractivity contribution in [2.45, 2.75) is 25.3 Å². The second-order valence-electron chi connectivity index (χ2n) is 5.29. The van der Waals surface area contributed by atoms with Crippen LogP contribution in [0.5, 0.6) is 11.5 Å². The molecule has 1 fully saturated rings. The summed E-state index contributed by atoms with van der Waals surface area (Å²) < 4.78 is 10.7. The molecule has 1 unspecified atom stereocenters. The number of carbonyl (C=O) groups is 1. The number of hydrogen-bond donors (Lipinski definition) is 1. The molecule has 0 saturated carbocycles. The molecule has 1 aliphatic heterocycles. The molecule has 0 aliphatic carbocycles. The summed E-state index contributed by atoms with van der Waals surface area (Å²) in [5.74, 6) is 1.75. The Morgan fingerprint density at radius 1 is 1.29 bits per heavy atom. The highest BCUT2D eigenvalue weighted by atomic mass is 16.5. The molecule has 1 saturated heterocycles. The number of carbonyl (C=O) groups excluding carboxylic acids is 1. The van der Waals surface area contributed by atoms with Crippen molar-refractivity contribution >= 4 is 5.91 Å².